The summed E-state index contributed by atoms with van der Waals surface area (Å²) in [5.41, 5.74) is 2.11. The number of carbonyl (C=O) groups is 1. The van der Waals surface area contributed by atoms with Gasteiger partial charge in [-0.15, -0.1) is 11.3 Å². The van der Waals surface area contributed by atoms with Gasteiger partial charge in [-0.1, -0.05) is 18.2 Å². The second-order valence-corrected chi connectivity index (χ2v) is 8.09. The number of carbonyl (C=O) groups excluding carboxylic acids is 1. The van der Waals surface area contributed by atoms with Gasteiger partial charge in [0.05, 0.1) is 12.7 Å². The Morgan fingerprint density at radius 1 is 1.28 bits per heavy atom. The highest BCUT2D eigenvalue weighted by atomic mass is 32.1. The lowest BCUT2D eigenvalue weighted by molar-refractivity contribution is 0.0904. The minimum Gasteiger partial charge on any atom is -0.376 e. The van der Waals surface area contributed by atoms with Crippen LogP contribution in [0, 0.1) is 18.8 Å². The molecule has 25 heavy (non-hydrogen) atoms. The number of aryl methyl sites for hydroxylation is 1. The molecule has 2 aliphatic heterocycles. The summed E-state index contributed by atoms with van der Waals surface area (Å²) in [5, 5.41) is 5.25. The van der Waals surface area contributed by atoms with Crippen LogP contribution in [-0.2, 0) is 11.3 Å². The number of fused-ring (bicyclic) bond motifs is 1. The fourth-order valence-corrected chi connectivity index (χ4v) is 4.85. The molecule has 3 atom stereocenters. The average molecular weight is 356 g/mol. The van der Waals surface area contributed by atoms with Crippen molar-refractivity contribution in [1.29, 1.82) is 0 Å². The third-order valence-corrected chi connectivity index (χ3v) is 6.42. The fraction of sp³-hybridized carbons (Fsp3) is 0.450. The molecule has 1 aromatic heterocycles. The lowest BCUT2D eigenvalue weighted by Crippen LogP contribution is -2.34. The maximum Gasteiger partial charge on any atom is 0.251 e. The van der Waals surface area contributed by atoms with Crippen LogP contribution in [0.5, 0.6) is 0 Å². The molecule has 0 spiro atoms. The monoisotopic (exact) mass is 356 g/mol. The molecule has 0 aliphatic carbocycles. The Morgan fingerprint density at radius 2 is 2.12 bits per heavy atom. The first-order chi connectivity index (χ1) is 12.2. The molecule has 2 aliphatic rings. The van der Waals surface area contributed by atoms with E-state index in [4.69, 9.17) is 4.74 Å². The van der Waals surface area contributed by atoms with Gasteiger partial charge in [-0.05, 0) is 36.1 Å². The predicted octanol–water partition coefficient (Wildman–Crippen LogP) is 2.93. The molecule has 1 aromatic carbocycles. The number of hydrogen-bond donors (Lipinski definition) is 1. The molecular weight excluding hydrogens is 332 g/mol. The number of likely N-dealkylation sites (tertiary alicyclic amines) is 1. The van der Waals surface area contributed by atoms with Crippen molar-refractivity contribution in [2.75, 3.05) is 26.2 Å². The molecule has 2 fully saturated rings. The van der Waals surface area contributed by atoms with Crippen LogP contribution < -0.4 is 5.32 Å². The third kappa shape index (κ3) is 3.64. The van der Waals surface area contributed by atoms with E-state index in [0.29, 0.717) is 24.5 Å². The van der Waals surface area contributed by atoms with Crippen molar-refractivity contribution in [3.05, 3.63) is 57.8 Å². The molecule has 4 rings (SSSR count). The Bertz CT molecular complexity index is 730. The van der Waals surface area contributed by atoms with Gasteiger partial charge in [0, 0.05) is 48.5 Å². The highest BCUT2D eigenvalue weighted by Crippen LogP contribution is 2.34. The van der Waals surface area contributed by atoms with Crippen molar-refractivity contribution in [3.63, 3.8) is 0 Å². The normalized spacial score (nSPS) is 25.9. The van der Waals surface area contributed by atoms with Crippen LogP contribution in [-0.4, -0.2) is 43.2 Å². The lowest BCUT2D eigenvalue weighted by atomic mass is 9.93. The van der Waals surface area contributed by atoms with Gasteiger partial charge in [-0.2, -0.15) is 0 Å². The Balaban J connectivity index is 1.31. The number of amides is 1. The predicted molar refractivity (Wildman–Crippen MR) is 99.8 cm³/mol. The number of nitrogens with one attached hydrogen (secondary N) is 1. The quantitative estimate of drug-likeness (QED) is 0.896. The van der Waals surface area contributed by atoms with Gasteiger partial charge in [0.1, 0.15) is 0 Å². The van der Waals surface area contributed by atoms with Crippen molar-refractivity contribution in [3.8, 4) is 0 Å². The zero-order chi connectivity index (χ0) is 17.2. The van der Waals surface area contributed by atoms with E-state index in [9.17, 15) is 4.79 Å². The van der Waals surface area contributed by atoms with Crippen molar-refractivity contribution < 1.29 is 9.53 Å². The van der Waals surface area contributed by atoms with E-state index >= 15 is 0 Å². The summed E-state index contributed by atoms with van der Waals surface area (Å²) in [6, 6.07) is 11.6. The number of nitrogens with zero attached hydrogens (tertiary/aromatic N) is 1. The average Bonchev–Trinajstić information content (AvgIpc) is 3.31. The highest BCUT2D eigenvalue weighted by molar-refractivity contribution is 7.10. The maximum absolute atomic E-state index is 12.2. The second kappa shape index (κ2) is 7.28. The molecule has 132 valence electrons. The number of thiophene rings is 1. The highest BCUT2D eigenvalue weighted by Gasteiger charge is 2.43. The molecule has 2 saturated heterocycles. The number of ether oxygens (including phenoxy) is 1. The minimum absolute atomic E-state index is 0.00751. The molecule has 4 nitrogen and oxygen atoms in total. The Morgan fingerprint density at radius 3 is 2.88 bits per heavy atom. The third-order valence-electron chi connectivity index (χ3n) is 5.41. The van der Waals surface area contributed by atoms with Crippen LogP contribution in [0.25, 0.3) is 0 Å². The van der Waals surface area contributed by atoms with E-state index in [-0.39, 0.29) is 5.91 Å². The molecule has 1 amide bonds. The smallest absolute Gasteiger partial charge is 0.251 e. The summed E-state index contributed by atoms with van der Waals surface area (Å²) >= 11 is 1.84. The van der Waals surface area contributed by atoms with Gasteiger partial charge in [-0.3, -0.25) is 9.69 Å². The SMILES string of the molecule is Cc1ccsc1CN1C[C@@H]2[C@@H](CNC(=O)c3ccccc3)CO[C@@H]2C1. The zero-order valence-electron chi connectivity index (χ0n) is 14.5. The van der Waals surface area contributed by atoms with E-state index in [0.717, 1.165) is 31.8 Å². The molecule has 0 unspecified atom stereocenters. The van der Waals surface area contributed by atoms with Crippen molar-refractivity contribution in [2.45, 2.75) is 19.6 Å². The Labute approximate surface area is 152 Å². The minimum atomic E-state index is 0.00751. The van der Waals surface area contributed by atoms with E-state index in [1.807, 2.05) is 41.7 Å². The zero-order valence-corrected chi connectivity index (χ0v) is 15.3. The largest absolute Gasteiger partial charge is 0.376 e. The first-order valence-corrected chi connectivity index (χ1v) is 9.79. The summed E-state index contributed by atoms with van der Waals surface area (Å²) in [7, 11) is 0. The van der Waals surface area contributed by atoms with E-state index in [2.05, 4.69) is 28.6 Å². The van der Waals surface area contributed by atoms with Crippen LogP contribution in [0.2, 0.25) is 0 Å². The number of hydrogen-bond acceptors (Lipinski definition) is 4. The van der Waals surface area contributed by atoms with Gasteiger partial charge < -0.3 is 10.1 Å². The molecule has 0 saturated carbocycles. The first kappa shape index (κ1) is 16.8. The first-order valence-electron chi connectivity index (χ1n) is 8.91. The second-order valence-electron chi connectivity index (χ2n) is 7.09. The van der Waals surface area contributed by atoms with E-state index in [1.54, 1.807) is 0 Å². The number of benzene rings is 1. The van der Waals surface area contributed by atoms with Crippen LogP contribution in [0.1, 0.15) is 20.8 Å². The van der Waals surface area contributed by atoms with Gasteiger partial charge in [0.25, 0.3) is 5.91 Å². The molecule has 0 bridgehead atoms. The number of rotatable bonds is 5. The maximum atomic E-state index is 12.2. The van der Waals surface area contributed by atoms with Gasteiger partial charge in [-0.25, -0.2) is 0 Å². The molecule has 1 N–H and O–H groups in total. The van der Waals surface area contributed by atoms with Crippen molar-refractivity contribution >= 4 is 17.2 Å². The Kier molecular flexibility index (Phi) is 4.88. The van der Waals surface area contributed by atoms with Crippen LogP contribution in [0.3, 0.4) is 0 Å². The topological polar surface area (TPSA) is 41.6 Å². The summed E-state index contributed by atoms with van der Waals surface area (Å²) in [6.07, 6.45) is 0.318. The standard InChI is InChI=1S/C20H24N2O2S/c1-14-7-8-25-19(14)12-22-10-17-16(13-24-18(17)11-22)9-21-20(23)15-5-3-2-4-6-15/h2-8,16-18H,9-13H2,1H3,(H,21,23)/t16-,17+,18+/m0/s1. The summed E-state index contributed by atoms with van der Waals surface area (Å²) in [5.74, 6) is 0.941. The van der Waals surface area contributed by atoms with Gasteiger partial charge >= 0.3 is 0 Å². The molecular formula is C20H24N2O2S. The van der Waals surface area contributed by atoms with Crippen LogP contribution >= 0.6 is 11.3 Å². The lowest BCUT2D eigenvalue weighted by Gasteiger charge is -2.20. The molecule has 2 aromatic rings. The van der Waals surface area contributed by atoms with Crippen LogP contribution in [0.15, 0.2) is 41.8 Å². The van der Waals surface area contributed by atoms with Crippen molar-refractivity contribution in [2.24, 2.45) is 11.8 Å². The fourth-order valence-electron chi connectivity index (χ4n) is 3.90. The summed E-state index contributed by atoms with van der Waals surface area (Å²) in [6.45, 7) is 6.72. The molecule has 3 heterocycles. The van der Waals surface area contributed by atoms with Crippen LogP contribution in [0.4, 0.5) is 0 Å². The summed E-state index contributed by atoms with van der Waals surface area (Å²) < 4.78 is 6.02. The summed E-state index contributed by atoms with van der Waals surface area (Å²) in [4.78, 5) is 16.2. The van der Waals surface area contributed by atoms with Gasteiger partial charge in [0.2, 0.25) is 0 Å². The van der Waals surface area contributed by atoms with E-state index < -0.39 is 0 Å². The molecule has 0 radical (unpaired) electrons. The van der Waals surface area contributed by atoms with Crippen molar-refractivity contribution in [1.82, 2.24) is 10.2 Å². The van der Waals surface area contributed by atoms with Gasteiger partial charge in [0.15, 0.2) is 0 Å². The Hall–Kier alpha value is -1.69. The molecule has 5 heteroatoms. The van der Waals surface area contributed by atoms with E-state index in [1.165, 1.54) is 10.4 Å².